The fraction of sp³-hybridized carbons (Fsp3) is 0.714. The Morgan fingerprint density at radius 1 is 1.19 bits per heavy atom. The van der Waals surface area contributed by atoms with E-state index in [4.69, 9.17) is 4.99 Å². The number of hydrogen-bond donors (Lipinski definition) is 2. The van der Waals surface area contributed by atoms with Crippen LogP contribution in [-0.2, 0) is 6.54 Å². The zero-order valence-corrected chi connectivity index (χ0v) is 17.7. The molecule has 2 heterocycles. The quantitative estimate of drug-likeness (QED) is 0.395. The first kappa shape index (κ1) is 21.5. The summed E-state index contributed by atoms with van der Waals surface area (Å²) in [6.07, 6.45) is 6.97. The topological polar surface area (TPSA) is 55.8 Å². The van der Waals surface area contributed by atoms with Gasteiger partial charge in [0.15, 0.2) is 5.96 Å². The van der Waals surface area contributed by atoms with E-state index in [1.54, 1.807) is 0 Å². The van der Waals surface area contributed by atoms with E-state index in [-0.39, 0.29) is 0 Å². The van der Waals surface area contributed by atoms with Crippen molar-refractivity contribution in [3.63, 3.8) is 0 Å². The maximum absolute atomic E-state index is 4.74. The standard InChI is InChI=1S/C21H38N6/c1-5-7-8-9-18(3)25-21(22-6-2)24-17-19-10-11-20(23-16-19)27-14-12-26(4)13-15-27/h10-11,16,18H,5-9,12-15,17H2,1-4H3,(H2,22,24,25). The van der Waals surface area contributed by atoms with Crippen molar-refractivity contribution < 1.29 is 0 Å². The third kappa shape index (κ3) is 7.75. The molecule has 1 aliphatic rings. The van der Waals surface area contributed by atoms with Gasteiger partial charge in [-0.3, -0.25) is 0 Å². The number of rotatable bonds is 9. The predicted octanol–water partition coefficient (Wildman–Crippen LogP) is 2.86. The molecule has 0 aromatic carbocycles. The molecule has 1 aromatic heterocycles. The highest BCUT2D eigenvalue weighted by molar-refractivity contribution is 5.80. The maximum atomic E-state index is 4.74. The van der Waals surface area contributed by atoms with Crippen LogP contribution < -0.4 is 15.5 Å². The summed E-state index contributed by atoms with van der Waals surface area (Å²) >= 11 is 0. The first-order valence-corrected chi connectivity index (χ1v) is 10.6. The fourth-order valence-corrected chi connectivity index (χ4v) is 3.23. The molecule has 6 heteroatoms. The molecule has 1 fully saturated rings. The summed E-state index contributed by atoms with van der Waals surface area (Å²) < 4.78 is 0. The number of piperazine rings is 1. The molecule has 27 heavy (non-hydrogen) atoms. The molecule has 0 saturated carbocycles. The summed E-state index contributed by atoms with van der Waals surface area (Å²) in [6, 6.07) is 4.72. The minimum Gasteiger partial charge on any atom is -0.357 e. The minimum absolute atomic E-state index is 0.437. The van der Waals surface area contributed by atoms with Crippen LogP contribution >= 0.6 is 0 Å². The summed E-state index contributed by atoms with van der Waals surface area (Å²) in [6.45, 7) is 12.4. The van der Waals surface area contributed by atoms with Crippen LogP contribution in [0.4, 0.5) is 5.82 Å². The van der Waals surface area contributed by atoms with Gasteiger partial charge in [0.1, 0.15) is 5.82 Å². The third-order valence-corrected chi connectivity index (χ3v) is 5.02. The summed E-state index contributed by atoms with van der Waals surface area (Å²) in [5, 5.41) is 6.87. The van der Waals surface area contributed by atoms with Crippen molar-refractivity contribution in [3.8, 4) is 0 Å². The highest BCUT2D eigenvalue weighted by Gasteiger charge is 2.14. The van der Waals surface area contributed by atoms with Crippen molar-refractivity contribution in [1.82, 2.24) is 20.5 Å². The van der Waals surface area contributed by atoms with E-state index >= 15 is 0 Å². The van der Waals surface area contributed by atoms with Crippen LogP contribution in [0.3, 0.4) is 0 Å². The molecule has 2 rings (SSSR count). The Hall–Kier alpha value is -1.82. The Balaban J connectivity index is 1.87. The number of aromatic nitrogens is 1. The van der Waals surface area contributed by atoms with E-state index in [0.29, 0.717) is 12.6 Å². The second-order valence-corrected chi connectivity index (χ2v) is 7.55. The number of nitrogens with one attached hydrogen (secondary N) is 2. The Morgan fingerprint density at radius 2 is 1.96 bits per heavy atom. The molecule has 0 spiro atoms. The lowest BCUT2D eigenvalue weighted by Crippen LogP contribution is -2.44. The predicted molar refractivity (Wildman–Crippen MR) is 116 cm³/mol. The first-order valence-electron chi connectivity index (χ1n) is 10.6. The largest absolute Gasteiger partial charge is 0.357 e. The van der Waals surface area contributed by atoms with E-state index < -0.39 is 0 Å². The summed E-state index contributed by atoms with van der Waals surface area (Å²) in [5.74, 6) is 1.97. The third-order valence-electron chi connectivity index (χ3n) is 5.02. The van der Waals surface area contributed by atoms with Gasteiger partial charge < -0.3 is 20.4 Å². The van der Waals surface area contributed by atoms with E-state index in [9.17, 15) is 0 Å². The van der Waals surface area contributed by atoms with Crippen LogP contribution in [0, 0.1) is 0 Å². The van der Waals surface area contributed by atoms with Gasteiger partial charge in [0.2, 0.25) is 0 Å². The number of pyridine rings is 1. The zero-order chi connectivity index (χ0) is 19.5. The van der Waals surface area contributed by atoms with Crippen molar-refractivity contribution in [2.45, 2.75) is 59.0 Å². The normalized spacial score (nSPS) is 17.0. The molecule has 1 atom stereocenters. The molecule has 6 nitrogen and oxygen atoms in total. The molecule has 1 aromatic rings. The molecule has 152 valence electrons. The molecule has 1 unspecified atom stereocenters. The van der Waals surface area contributed by atoms with Gasteiger partial charge >= 0.3 is 0 Å². The van der Waals surface area contributed by atoms with Crippen molar-refractivity contribution in [3.05, 3.63) is 23.9 Å². The Kier molecular flexibility index (Phi) is 9.39. The molecule has 0 amide bonds. The number of aliphatic imine (C=N–C) groups is 1. The summed E-state index contributed by atoms with van der Waals surface area (Å²) in [7, 11) is 2.17. The van der Waals surface area contributed by atoms with Gasteiger partial charge in [-0.05, 0) is 38.9 Å². The van der Waals surface area contributed by atoms with Crippen LogP contribution in [0.1, 0.15) is 52.0 Å². The lowest BCUT2D eigenvalue weighted by atomic mass is 10.1. The number of unbranched alkanes of at least 4 members (excludes halogenated alkanes) is 2. The first-order chi connectivity index (χ1) is 13.1. The van der Waals surface area contributed by atoms with E-state index in [2.05, 4.69) is 65.4 Å². The van der Waals surface area contributed by atoms with Gasteiger partial charge in [0, 0.05) is 45.0 Å². The fourth-order valence-electron chi connectivity index (χ4n) is 3.23. The van der Waals surface area contributed by atoms with Gasteiger partial charge in [-0.1, -0.05) is 32.3 Å². The highest BCUT2D eigenvalue weighted by atomic mass is 15.3. The molecule has 0 bridgehead atoms. The van der Waals surface area contributed by atoms with Gasteiger partial charge in [0.25, 0.3) is 0 Å². The molecule has 0 aliphatic carbocycles. The zero-order valence-electron chi connectivity index (χ0n) is 17.7. The molecular weight excluding hydrogens is 336 g/mol. The lowest BCUT2D eigenvalue weighted by Gasteiger charge is -2.33. The molecule has 0 radical (unpaired) electrons. The molecule has 2 N–H and O–H groups in total. The highest BCUT2D eigenvalue weighted by Crippen LogP contribution is 2.14. The second-order valence-electron chi connectivity index (χ2n) is 7.55. The van der Waals surface area contributed by atoms with Gasteiger partial charge in [0.05, 0.1) is 6.54 Å². The molecular formula is C21H38N6. The smallest absolute Gasteiger partial charge is 0.191 e. The van der Waals surface area contributed by atoms with E-state index in [1.807, 2.05) is 6.20 Å². The number of guanidine groups is 1. The molecule has 1 aliphatic heterocycles. The van der Waals surface area contributed by atoms with E-state index in [0.717, 1.165) is 50.1 Å². The average molecular weight is 375 g/mol. The second kappa shape index (κ2) is 11.8. The Labute approximate surface area is 165 Å². The van der Waals surface area contributed by atoms with Crippen LogP contribution in [0.15, 0.2) is 23.3 Å². The van der Waals surface area contributed by atoms with Crippen molar-refractivity contribution >= 4 is 11.8 Å². The number of anilines is 1. The minimum atomic E-state index is 0.437. The summed E-state index contributed by atoms with van der Waals surface area (Å²) in [5.41, 5.74) is 1.14. The number of nitrogens with zero attached hydrogens (tertiary/aromatic N) is 4. The number of hydrogen-bond acceptors (Lipinski definition) is 4. The SMILES string of the molecule is CCCCCC(C)NC(=NCc1ccc(N2CCN(C)CC2)nc1)NCC. The lowest BCUT2D eigenvalue weighted by molar-refractivity contribution is 0.312. The van der Waals surface area contributed by atoms with Gasteiger partial charge in [-0.15, -0.1) is 0 Å². The van der Waals surface area contributed by atoms with Crippen molar-refractivity contribution in [2.75, 3.05) is 44.7 Å². The van der Waals surface area contributed by atoms with Crippen molar-refractivity contribution in [1.29, 1.82) is 0 Å². The monoisotopic (exact) mass is 374 g/mol. The van der Waals surface area contributed by atoms with Gasteiger partial charge in [-0.2, -0.15) is 0 Å². The maximum Gasteiger partial charge on any atom is 0.191 e. The van der Waals surface area contributed by atoms with Crippen LogP contribution in [-0.4, -0.2) is 61.7 Å². The van der Waals surface area contributed by atoms with Gasteiger partial charge in [-0.25, -0.2) is 9.98 Å². The van der Waals surface area contributed by atoms with Crippen molar-refractivity contribution in [2.24, 2.45) is 4.99 Å². The van der Waals surface area contributed by atoms with Crippen LogP contribution in [0.2, 0.25) is 0 Å². The average Bonchev–Trinajstić information content (AvgIpc) is 2.67. The molecule has 1 saturated heterocycles. The summed E-state index contributed by atoms with van der Waals surface area (Å²) in [4.78, 5) is 14.1. The Bertz CT molecular complexity index is 548. The van der Waals surface area contributed by atoms with E-state index in [1.165, 1.54) is 25.7 Å². The number of likely N-dealkylation sites (N-methyl/N-ethyl adjacent to an activating group) is 1. The van der Waals surface area contributed by atoms with Crippen LogP contribution in [0.25, 0.3) is 0 Å². The Morgan fingerprint density at radius 3 is 2.59 bits per heavy atom. The van der Waals surface area contributed by atoms with Crippen LogP contribution in [0.5, 0.6) is 0 Å².